The lowest BCUT2D eigenvalue weighted by Gasteiger charge is -1.91. The average Bonchev–Trinajstić information content (AvgIpc) is 2.32. The predicted molar refractivity (Wildman–Crippen MR) is 65.8 cm³/mol. The molecule has 0 aliphatic heterocycles. The Labute approximate surface area is 96.9 Å². The van der Waals surface area contributed by atoms with E-state index in [0.717, 1.165) is 0 Å². The Kier molecular flexibility index (Phi) is 8.93. The van der Waals surface area contributed by atoms with Crippen molar-refractivity contribution in [2.45, 2.75) is 20.4 Å². The summed E-state index contributed by atoms with van der Waals surface area (Å²) in [6.07, 6.45) is 3.04. The van der Waals surface area contributed by atoms with Crippen LogP contribution in [-0.4, -0.2) is 12.6 Å². The lowest BCUT2D eigenvalue weighted by atomic mass is 10.2. The molecule has 0 aliphatic rings. The third-order valence-corrected chi connectivity index (χ3v) is 1.67. The quantitative estimate of drug-likeness (QED) is 0.629. The monoisotopic (exact) mass is 221 g/mol. The predicted octanol–water partition coefficient (Wildman–Crippen LogP) is 2.27. The zero-order chi connectivity index (χ0) is 12.2. The molecule has 0 aromatic heterocycles. The molecule has 16 heavy (non-hydrogen) atoms. The fraction of sp³-hybridized carbons (Fsp3) is 0.308. The molecule has 88 valence electrons. The van der Waals surface area contributed by atoms with Crippen LogP contribution in [-0.2, 0) is 16.1 Å². The Morgan fingerprint density at radius 2 is 2.00 bits per heavy atom. The van der Waals surface area contributed by atoms with Crippen LogP contribution in [0.5, 0.6) is 0 Å². The van der Waals surface area contributed by atoms with Crippen LogP contribution in [0.3, 0.4) is 0 Å². The Hall–Kier alpha value is -1.61. The van der Waals surface area contributed by atoms with Gasteiger partial charge in [-0.3, -0.25) is 0 Å². The van der Waals surface area contributed by atoms with Crippen LogP contribution in [0.25, 0.3) is 0 Å². The third-order valence-electron chi connectivity index (χ3n) is 1.67. The number of carbonyl (C=O) groups excluding carboxylic acids is 1. The molecule has 0 radical (unpaired) electrons. The summed E-state index contributed by atoms with van der Waals surface area (Å²) in [7, 11) is 0. The van der Waals surface area contributed by atoms with E-state index in [0.29, 0.717) is 13.2 Å². The first-order valence-corrected chi connectivity index (χ1v) is 5.28. The first-order chi connectivity index (χ1) is 7.74. The summed E-state index contributed by atoms with van der Waals surface area (Å²) >= 11 is 0. The van der Waals surface area contributed by atoms with Crippen LogP contribution >= 0.6 is 0 Å². The van der Waals surface area contributed by atoms with E-state index in [4.69, 9.17) is 5.73 Å². The van der Waals surface area contributed by atoms with E-state index >= 15 is 0 Å². The van der Waals surface area contributed by atoms with Gasteiger partial charge in [0.1, 0.15) is 0 Å². The van der Waals surface area contributed by atoms with Crippen molar-refractivity contribution in [3.05, 3.63) is 48.0 Å². The molecule has 1 rings (SSSR count). The van der Waals surface area contributed by atoms with Gasteiger partial charge >= 0.3 is 5.97 Å². The molecule has 0 atom stereocenters. The van der Waals surface area contributed by atoms with Crippen molar-refractivity contribution in [1.82, 2.24) is 0 Å². The van der Waals surface area contributed by atoms with Crippen molar-refractivity contribution in [3.63, 3.8) is 0 Å². The number of rotatable bonds is 3. The highest BCUT2D eigenvalue weighted by molar-refractivity contribution is 5.81. The summed E-state index contributed by atoms with van der Waals surface area (Å²) in [5.41, 5.74) is 6.54. The van der Waals surface area contributed by atoms with Gasteiger partial charge in [0.05, 0.1) is 6.61 Å². The summed E-state index contributed by atoms with van der Waals surface area (Å²) in [6.45, 7) is 4.64. The van der Waals surface area contributed by atoms with E-state index < -0.39 is 0 Å². The Morgan fingerprint density at radius 1 is 1.38 bits per heavy atom. The summed E-state index contributed by atoms with van der Waals surface area (Å²) in [5.74, 6) is -0.269. The van der Waals surface area contributed by atoms with Crippen molar-refractivity contribution < 1.29 is 9.53 Å². The lowest BCUT2D eigenvalue weighted by molar-refractivity contribution is -0.137. The van der Waals surface area contributed by atoms with Gasteiger partial charge in [-0.2, -0.15) is 0 Å². The first-order valence-electron chi connectivity index (χ1n) is 5.28. The van der Waals surface area contributed by atoms with Gasteiger partial charge in [-0.15, -0.1) is 0 Å². The van der Waals surface area contributed by atoms with E-state index in [1.807, 2.05) is 30.3 Å². The summed E-state index contributed by atoms with van der Waals surface area (Å²) in [4.78, 5) is 10.3. The minimum absolute atomic E-state index is 0.269. The highest BCUT2D eigenvalue weighted by Crippen LogP contribution is 1.94. The van der Waals surface area contributed by atoms with Crippen LogP contribution in [0, 0.1) is 0 Å². The van der Waals surface area contributed by atoms with E-state index in [1.165, 1.54) is 11.6 Å². The van der Waals surface area contributed by atoms with E-state index in [-0.39, 0.29) is 5.97 Å². The van der Waals surface area contributed by atoms with Gasteiger partial charge < -0.3 is 10.5 Å². The van der Waals surface area contributed by atoms with E-state index in [1.54, 1.807) is 19.9 Å². The molecule has 0 heterocycles. The van der Waals surface area contributed by atoms with Crippen molar-refractivity contribution in [2.75, 3.05) is 6.61 Å². The van der Waals surface area contributed by atoms with Crippen LogP contribution in [0.2, 0.25) is 0 Å². The molecule has 0 bridgehead atoms. The smallest absolute Gasteiger partial charge is 0.330 e. The average molecular weight is 221 g/mol. The van der Waals surface area contributed by atoms with Crippen LogP contribution in [0.15, 0.2) is 42.5 Å². The second kappa shape index (κ2) is 9.93. The molecule has 2 N–H and O–H groups in total. The molecule has 1 aromatic rings. The number of benzene rings is 1. The number of allylic oxidation sites excluding steroid dienone is 1. The Balaban J connectivity index is 0.000000281. The molecule has 0 aliphatic carbocycles. The van der Waals surface area contributed by atoms with Crippen LogP contribution < -0.4 is 5.73 Å². The third kappa shape index (κ3) is 7.76. The zero-order valence-electron chi connectivity index (χ0n) is 9.85. The van der Waals surface area contributed by atoms with Gasteiger partial charge in [-0.1, -0.05) is 36.4 Å². The molecule has 0 unspecified atom stereocenters. The van der Waals surface area contributed by atoms with Gasteiger partial charge in [0.2, 0.25) is 0 Å². The highest BCUT2D eigenvalue weighted by atomic mass is 16.5. The number of esters is 1. The molecular weight excluding hydrogens is 202 g/mol. The first kappa shape index (κ1) is 14.4. The largest absolute Gasteiger partial charge is 0.463 e. The minimum Gasteiger partial charge on any atom is -0.463 e. The molecule has 0 amide bonds. The van der Waals surface area contributed by atoms with E-state index in [9.17, 15) is 4.79 Å². The number of hydrogen-bond donors (Lipinski definition) is 1. The number of ether oxygens (including phenoxy) is 1. The SMILES string of the molecule is CC=CC(=O)OCC.NCc1ccccc1. The van der Waals surface area contributed by atoms with Gasteiger partial charge in [0.25, 0.3) is 0 Å². The standard InChI is InChI=1S/C7H9N.C6H10O2/c8-6-7-4-2-1-3-5-7;1-3-5-6(7)8-4-2/h1-5H,6,8H2;3,5H,4H2,1-2H3. The molecule has 0 spiro atoms. The fourth-order valence-corrected chi connectivity index (χ4v) is 0.941. The highest BCUT2D eigenvalue weighted by Gasteiger charge is 1.88. The van der Waals surface area contributed by atoms with Crippen LogP contribution in [0.1, 0.15) is 19.4 Å². The second-order valence-electron chi connectivity index (χ2n) is 2.94. The maximum atomic E-state index is 10.3. The van der Waals surface area contributed by atoms with Crippen molar-refractivity contribution >= 4 is 5.97 Å². The fourth-order valence-electron chi connectivity index (χ4n) is 0.941. The van der Waals surface area contributed by atoms with Crippen molar-refractivity contribution in [2.24, 2.45) is 5.73 Å². The maximum Gasteiger partial charge on any atom is 0.330 e. The molecule has 1 aromatic carbocycles. The second-order valence-corrected chi connectivity index (χ2v) is 2.94. The van der Waals surface area contributed by atoms with Gasteiger partial charge in [-0.25, -0.2) is 4.79 Å². The normalized spacial score (nSPS) is 9.44. The van der Waals surface area contributed by atoms with Crippen LogP contribution in [0.4, 0.5) is 0 Å². The number of nitrogens with two attached hydrogens (primary N) is 1. The van der Waals surface area contributed by atoms with Crippen molar-refractivity contribution in [3.8, 4) is 0 Å². The topological polar surface area (TPSA) is 52.3 Å². The Bertz CT molecular complexity index is 307. The molecule has 3 nitrogen and oxygen atoms in total. The minimum atomic E-state index is -0.269. The van der Waals surface area contributed by atoms with Gasteiger partial charge in [0, 0.05) is 12.6 Å². The van der Waals surface area contributed by atoms with Gasteiger partial charge in [0.15, 0.2) is 0 Å². The molecule has 0 fully saturated rings. The number of carbonyl (C=O) groups is 1. The maximum absolute atomic E-state index is 10.3. The molecular formula is C13H19NO2. The lowest BCUT2D eigenvalue weighted by Crippen LogP contribution is -1.98. The Morgan fingerprint density at radius 3 is 2.38 bits per heavy atom. The molecule has 0 saturated carbocycles. The summed E-state index contributed by atoms with van der Waals surface area (Å²) in [5, 5.41) is 0. The van der Waals surface area contributed by atoms with Crippen molar-refractivity contribution in [1.29, 1.82) is 0 Å². The number of hydrogen-bond acceptors (Lipinski definition) is 3. The zero-order valence-corrected chi connectivity index (χ0v) is 9.85. The summed E-state index contributed by atoms with van der Waals surface area (Å²) in [6, 6.07) is 9.99. The molecule has 0 saturated heterocycles. The van der Waals surface area contributed by atoms with E-state index in [2.05, 4.69) is 4.74 Å². The molecule has 3 heteroatoms. The summed E-state index contributed by atoms with van der Waals surface area (Å²) < 4.78 is 4.56. The van der Waals surface area contributed by atoms with Gasteiger partial charge in [-0.05, 0) is 19.4 Å².